The number of anilines is 2. The van der Waals surface area contributed by atoms with Gasteiger partial charge in [0.15, 0.2) is 0 Å². The lowest BCUT2D eigenvalue weighted by molar-refractivity contribution is -0.135. The van der Waals surface area contributed by atoms with Crippen molar-refractivity contribution in [1.82, 2.24) is 24.8 Å². The van der Waals surface area contributed by atoms with Crippen LogP contribution in [-0.2, 0) is 16.1 Å². The van der Waals surface area contributed by atoms with E-state index in [9.17, 15) is 19.2 Å². The average molecular weight is 600 g/mol. The number of halogens is 1. The van der Waals surface area contributed by atoms with Crippen LogP contribution in [0.1, 0.15) is 40.6 Å². The standard InChI is InChI=1S/C31H30ClN7O4/c1-19-34-27-22(31(43)39(19)25-10-11-26(40)36-30(25)42)7-3-9-24(27)35-29(41)23-8-4-12-33-28(23)38-15-13-37(14-16-38)18-20-5-2-6-21(32)17-20/h2-9,12,17,25H,10-11,13-16,18H2,1H3,(H,35,41)(H,36,40,42). The molecule has 3 amide bonds. The van der Waals surface area contributed by atoms with Crippen LogP contribution in [0.5, 0.6) is 0 Å². The van der Waals surface area contributed by atoms with Crippen molar-refractivity contribution >= 4 is 51.7 Å². The Morgan fingerprint density at radius 1 is 1.05 bits per heavy atom. The number of imide groups is 1. The van der Waals surface area contributed by atoms with Gasteiger partial charge in [-0.25, -0.2) is 9.97 Å². The summed E-state index contributed by atoms with van der Waals surface area (Å²) in [5.74, 6) is -0.356. The Morgan fingerprint density at radius 2 is 1.84 bits per heavy atom. The molecule has 2 aromatic carbocycles. The van der Waals surface area contributed by atoms with Gasteiger partial charge >= 0.3 is 0 Å². The van der Waals surface area contributed by atoms with Crippen LogP contribution in [0.15, 0.2) is 65.6 Å². The number of pyridine rings is 1. The maximum absolute atomic E-state index is 13.6. The monoisotopic (exact) mass is 599 g/mol. The number of hydrogen-bond donors (Lipinski definition) is 2. The van der Waals surface area contributed by atoms with Crippen molar-refractivity contribution < 1.29 is 14.4 Å². The van der Waals surface area contributed by atoms with Crippen LogP contribution < -0.4 is 21.1 Å². The molecule has 2 aliphatic heterocycles. The number of nitrogens with zero attached hydrogens (tertiary/aromatic N) is 5. The minimum Gasteiger partial charge on any atom is -0.353 e. The summed E-state index contributed by atoms with van der Waals surface area (Å²) in [5, 5.41) is 6.20. The number of nitrogens with one attached hydrogen (secondary N) is 2. The molecule has 2 aliphatic rings. The number of hydrogen-bond acceptors (Lipinski definition) is 8. The van der Waals surface area contributed by atoms with E-state index in [1.54, 1.807) is 43.5 Å². The third-order valence-corrected chi connectivity index (χ3v) is 8.11. The molecular weight excluding hydrogens is 570 g/mol. The van der Waals surface area contributed by atoms with Crippen molar-refractivity contribution in [2.24, 2.45) is 0 Å². The van der Waals surface area contributed by atoms with E-state index >= 15 is 0 Å². The third kappa shape index (κ3) is 5.86. The Hall–Kier alpha value is -4.61. The highest BCUT2D eigenvalue weighted by Gasteiger charge is 2.31. The van der Waals surface area contributed by atoms with Gasteiger partial charge in [-0.3, -0.25) is 34.0 Å². The minimum atomic E-state index is -0.829. The fraction of sp³-hybridized carbons (Fsp3) is 0.290. The van der Waals surface area contributed by atoms with E-state index in [0.29, 0.717) is 41.5 Å². The second-order valence-electron chi connectivity index (χ2n) is 10.7. The van der Waals surface area contributed by atoms with Crippen LogP contribution in [0.25, 0.3) is 10.9 Å². The quantitative estimate of drug-likeness (QED) is 0.323. The van der Waals surface area contributed by atoms with E-state index in [1.165, 1.54) is 4.57 Å². The Bertz CT molecular complexity index is 1800. The van der Waals surface area contributed by atoms with Gasteiger partial charge in [0.1, 0.15) is 23.2 Å². The van der Waals surface area contributed by atoms with E-state index in [1.807, 2.05) is 18.2 Å². The molecular formula is C31H30ClN7O4. The first kappa shape index (κ1) is 28.5. The fourth-order valence-electron chi connectivity index (χ4n) is 5.75. The average Bonchev–Trinajstić information content (AvgIpc) is 2.99. The number of carbonyl (C=O) groups excluding carboxylic acids is 3. The summed E-state index contributed by atoms with van der Waals surface area (Å²) in [6, 6.07) is 15.4. The second-order valence-corrected chi connectivity index (χ2v) is 11.2. The molecule has 1 atom stereocenters. The fourth-order valence-corrected chi connectivity index (χ4v) is 5.97. The number of aromatic nitrogens is 3. The van der Waals surface area contributed by atoms with Gasteiger partial charge in [-0.05, 0) is 55.3 Å². The molecule has 2 N–H and O–H groups in total. The Labute approximate surface area is 252 Å². The van der Waals surface area contributed by atoms with Crippen molar-refractivity contribution in [3.8, 4) is 0 Å². The SMILES string of the molecule is Cc1nc2c(NC(=O)c3cccnc3N3CCN(Cc4cccc(Cl)c4)CC3)cccc2c(=O)n1C1CCC(=O)NC1=O. The molecule has 0 spiro atoms. The van der Waals surface area contributed by atoms with Gasteiger partial charge in [-0.15, -0.1) is 0 Å². The number of benzene rings is 2. The summed E-state index contributed by atoms with van der Waals surface area (Å²) in [4.78, 5) is 64.9. The summed E-state index contributed by atoms with van der Waals surface area (Å²) in [7, 11) is 0. The molecule has 220 valence electrons. The van der Waals surface area contributed by atoms with E-state index in [4.69, 9.17) is 11.6 Å². The Morgan fingerprint density at radius 3 is 2.60 bits per heavy atom. The number of piperazine rings is 1. The number of piperidine rings is 1. The first-order chi connectivity index (χ1) is 20.8. The van der Waals surface area contributed by atoms with Gasteiger partial charge in [-0.1, -0.05) is 29.8 Å². The summed E-state index contributed by atoms with van der Waals surface area (Å²) in [6.07, 6.45) is 2.03. The third-order valence-electron chi connectivity index (χ3n) is 7.88. The van der Waals surface area contributed by atoms with Gasteiger partial charge in [0.05, 0.1) is 16.6 Å². The molecule has 12 heteroatoms. The Kier molecular flexibility index (Phi) is 7.92. The number of amides is 3. The largest absolute Gasteiger partial charge is 0.353 e. The summed E-state index contributed by atoms with van der Waals surface area (Å²) in [6.45, 7) is 5.43. The van der Waals surface area contributed by atoms with Gasteiger partial charge in [-0.2, -0.15) is 0 Å². The first-order valence-electron chi connectivity index (χ1n) is 14.1. The minimum absolute atomic E-state index is 0.140. The molecule has 4 aromatic rings. The molecule has 0 bridgehead atoms. The predicted molar refractivity (Wildman–Crippen MR) is 163 cm³/mol. The lowest BCUT2D eigenvalue weighted by Gasteiger charge is -2.36. The van der Waals surface area contributed by atoms with Crippen LogP contribution in [-0.4, -0.2) is 63.3 Å². The summed E-state index contributed by atoms with van der Waals surface area (Å²) < 4.78 is 1.32. The highest BCUT2D eigenvalue weighted by atomic mass is 35.5. The van der Waals surface area contributed by atoms with Crippen molar-refractivity contribution in [1.29, 1.82) is 0 Å². The Balaban J connectivity index is 1.21. The lowest BCUT2D eigenvalue weighted by Crippen LogP contribution is -2.46. The highest BCUT2D eigenvalue weighted by Crippen LogP contribution is 2.26. The molecule has 2 saturated heterocycles. The second kappa shape index (κ2) is 11.9. The molecule has 43 heavy (non-hydrogen) atoms. The zero-order valence-corrected chi connectivity index (χ0v) is 24.3. The molecule has 2 aromatic heterocycles. The van der Waals surface area contributed by atoms with E-state index in [-0.39, 0.29) is 30.0 Å². The highest BCUT2D eigenvalue weighted by molar-refractivity contribution is 6.30. The molecule has 0 saturated carbocycles. The molecule has 1 unspecified atom stereocenters. The normalized spacial score (nSPS) is 17.6. The predicted octanol–water partition coefficient (Wildman–Crippen LogP) is 3.31. The molecule has 0 aliphatic carbocycles. The summed E-state index contributed by atoms with van der Waals surface area (Å²) in [5.41, 5.74) is 1.85. The number of carbonyl (C=O) groups is 3. The van der Waals surface area contributed by atoms with E-state index in [2.05, 4.69) is 36.5 Å². The van der Waals surface area contributed by atoms with Crippen molar-refractivity contribution in [2.75, 3.05) is 36.4 Å². The number of fused-ring (bicyclic) bond motifs is 1. The topological polar surface area (TPSA) is 130 Å². The lowest BCUT2D eigenvalue weighted by atomic mass is 10.1. The van der Waals surface area contributed by atoms with Crippen LogP contribution in [0.4, 0.5) is 11.5 Å². The zero-order valence-electron chi connectivity index (χ0n) is 23.5. The molecule has 6 rings (SSSR count). The van der Waals surface area contributed by atoms with Crippen LogP contribution in [0.2, 0.25) is 5.02 Å². The molecule has 4 heterocycles. The van der Waals surface area contributed by atoms with Gasteiger partial charge in [0, 0.05) is 50.4 Å². The van der Waals surface area contributed by atoms with Gasteiger partial charge < -0.3 is 10.2 Å². The number of aryl methyl sites for hydroxylation is 1. The smallest absolute Gasteiger partial charge is 0.262 e. The van der Waals surface area contributed by atoms with E-state index < -0.39 is 17.5 Å². The van der Waals surface area contributed by atoms with Crippen LogP contribution in [0, 0.1) is 6.92 Å². The van der Waals surface area contributed by atoms with Crippen molar-refractivity contribution in [3.63, 3.8) is 0 Å². The van der Waals surface area contributed by atoms with Gasteiger partial charge in [0.2, 0.25) is 11.8 Å². The van der Waals surface area contributed by atoms with Crippen molar-refractivity contribution in [2.45, 2.75) is 32.4 Å². The maximum Gasteiger partial charge on any atom is 0.262 e. The zero-order chi connectivity index (χ0) is 30.1. The van der Waals surface area contributed by atoms with Crippen molar-refractivity contribution in [3.05, 3.63) is 93.1 Å². The maximum atomic E-state index is 13.6. The molecule has 0 radical (unpaired) electrons. The first-order valence-corrected chi connectivity index (χ1v) is 14.5. The van der Waals surface area contributed by atoms with Crippen LogP contribution in [0.3, 0.4) is 0 Å². The number of rotatable bonds is 6. The molecule has 11 nitrogen and oxygen atoms in total. The number of para-hydroxylation sites is 1. The van der Waals surface area contributed by atoms with Gasteiger partial charge in [0.25, 0.3) is 11.5 Å². The van der Waals surface area contributed by atoms with Crippen LogP contribution >= 0.6 is 11.6 Å². The summed E-state index contributed by atoms with van der Waals surface area (Å²) >= 11 is 6.15. The molecule has 2 fully saturated rings. The van der Waals surface area contributed by atoms with E-state index in [0.717, 1.165) is 30.2 Å².